The summed E-state index contributed by atoms with van der Waals surface area (Å²) in [4.78, 5) is 9.62. The van der Waals surface area contributed by atoms with Crippen molar-refractivity contribution >= 4 is 0 Å². The first-order valence-corrected chi connectivity index (χ1v) is 3.33. The van der Waals surface area contributed by atoms with Crippen LogP contribution in [0.1, 0.15) is 19.8 Å². The van der Waals surface area contributed by atoms with Gasteiger partial charge >= 0.3 is 0 Å². The minimum Gasteiger partial charge on any atom is -0.236 e. The Balaban J connectivity index is 2.11. The van der Waals surface area contributed by atoms with Crippen LogP contribution in [0.25, 0.3) is 0 Å². The van der Waals surface area contributed by atoms with Gasteiger partial charge < -0.3 is 0 Å². The largest absolute Gasteiger partial charge is 0.236 e. The number of hydrogen-bond donors (Lipinski definition) is 0. The molecule has 0 bridgehead atoms. The van der Waals surface area contributed by atoms with Crippen molar-refractivity contribution in [2.24, 2.45) is 0 Å². The van der Waals surface area contributed by atoms with Gasteiger partial charge in [0.05, 0.1) is 12.7 Å². The maximum absolute atomic E-state index is 4.90. The van der Waals surface area contributed by atoms with Crippen LogP contribution in [0.4, 0.5) is 0 Å². The van der Waals surface area contributed by atoms with Crippen LogP contribution in [0.5, 0.6) is 0 Å². The molecular weight excluding hydrogens is 116 g/mol. The third-order valence-electron chi connectivity index (χ3n) is 1.36. The molecule has 0 radical (unpaired) electrons. The molecule has 1 heterocycles. The van der Waals surface area contributed by atoms with E-state index in [1.165, 1.54) is 0 Å². The Hall–Kier alpha value is -0.340. The van der Waals surface area contributed by atoms with E-state index in [4.69, 9.17) is 9.78 Å². The van der Waals surface area contributed by atoms with Crippen molar-refractivity contribution in [3.05, 3.63) is 12.2 Å². The lowest BCUT2D eigenvalue weighted by Gasteiger charge is -1.99. The van der Waals surface area contributed by atoms with Crippen LogP contribution in [0.2, 0.25) is 0 Å². The zero-order valence-electron chi connectivity index (χ0n) is 5.67. The zero-order valence-corrected chi connectivity index (χ0v) is 5.67. The third-order valence-corrected chi connectivity index (χ3v) is 1.36. The van der Waals surface area contributed by atoms with E-state index >= 15 is 0 Å². The van der Waals surface area contributed by atoms with Gasteiger partial charge in [-0.25, -0.2) is 9.78 Å². The molecule has 1 rings (SSSR count). The fraction of sp³-hybridized carbons (Fsp3) is 0.714. The third kappa shape index (κ3) is 2.16. The van der Waals surface area contributed by atoms with Crippen LogP contribution in [-0.2, 0) is 9.78 Å². The smallest absolute Gasteiger partial charge is 0.0987 e. The highest BCUT2D eigenvalue weighted by atomic mass is 17.2. The molecule has 2 nitrogen and oxygen atoms in total. The van der Waals surface area contributed by atoms with E-state index < -0.39 is 0 Å². The molecule has 1 aliphatic heterocycles. The molecule has 1 aliphatic rings. The van der Waals surface area contributed by atoms with Crippen LogP contribution in [0, 0.1) is 0 Å². The van der Waals surface area contributed by atoms with E-state index in [2.05, 4.69) is 6.08 Å². The van der Waals surface area contributed by atoms with Gasteiger partial charge in [-0.15, -0.1) is 0 Å². The maximum atomic E-state index is 4.90. The normalized spacial score (nSPS) is 27.9. The summed E-state index contributed by atoms with van der Waals surface area (Å²) in [6.07, 6.45) is 6.45. The summed E-state index contributed by atoms with van der Waals surface area (Å²) in [6.45, 7) is 2.76. The van der Waals surface area contributed by atoms with E-state index in [0.717, 1.165) is 19.4 Å². The molecule has 1 fully saturated rings. The first kappa shape index (κ1) is 6.78. The van der Waals surface area contributed by atoms with Gasteiger partial charge in [0.25, 0.3) is 0 Å². The van der Waals surface area contributed by atoms with Gasteiger partial charge in [0.2, 0.25) is 0 Å². The topological polar surface area (TPSA) is 18.5 Å². The van der Waals surface area contributed by atoms with Crippen LogP contribution in [0.15, 0.2) is 12.2 Å². The molecule has 0 saturated carbocycles. The molecule has 1 saturated heterocycles. The second-order valence-electron chi connectivity index (χ2n) is 2.13. The second-order valence-corrected chi connectivity index (χ2v) is 2.13. The summed E-state index contributed by atoms with van der Waals surface area (Å²) < 4.78 is 0. The Morgan fingerprint density at radius 2 is 2.56 bits per heavy atom. The van der Waals surface area contributed by atoms with Gasteiger partial charge in [-0.3, -0.25) is 0 Å². The average molecular weight is 128 g/mol. The fourth-order valence-electron chi connectivity index (χ4n) is 0.817. The predicted octanol–water partition coefficient (Wildman–Crippen LogP) is 1.67. The summed E-state index contributed by atoms with van der Waals surface area (Å²) in [6, 6.07) is 0. The molecule has 0 aromatic heterocycles. The molecule has 1 atom stereocenters. The highest BCUT2D eigenvalue weighted by molar-refractivity contribution is 4.80. The van der Waals surface area contributed by atoms with Gasteiger partial charge in [-0.2, -0.15) is 0 Å². The Morgan fingerprint density at radius 1 is 1.67 bits per heavy atom. The number of rotatable bonds is 2. The molecule has 0 N–H and O–H groups in total. The predicted molar refractivity (Wildman–Crippen MR) is 34.9 cm³/mol. The minimum atomic E-state index is 0.307. The molecule has 1 unspecified atom stereocenters. The molecular formula is C7H12O2. The molecule has 52 valence electrons. The second kappa shape index (κ2) is 3.64. The molecule has 2 heteroatoms. The summed E-state index contributed by atoms with van der Waals surface area (Å²) in [5, 5.41) is 0. The van der Waals surface area contributed by atoms with Crippen molar-refractivity contribution in [1.82, 2.24) is 0 Å². The van der Waals surface area contributed by atoms with E-state index in [1.807, 2.05) is 13.0 Å². The Labute approximate surface area is 55.4 Å². The SMILES string of the molecule is CC=CCC1CCOO1. The van der Waals surface area contributed by atoms with Gasteiger partial charge in [0.15, 0.2) is 0 Å². The fourth-order valence-corrected chi connectivity index (χ4v) is 0.817. The summed E-state index contributed by atoms with van der Waals surface area (Å²) in [5.74, 6) is 0. The standard InChI is InChI=1S/C7H12O2/c1-2-3-4-7-5-6-8-9-7/h2-3,7H,4-6H2,1H3. The van der Waals surface area contributed by atoms with Crippen molar-refractivity contribution < 1.29 is 9.78 Å². The number of allylic oxidation sites excluding steroid dienone is 1. The Bertz CT molecular complexity index is 93.1. The quantitative estimate of drug-likeness (QED) is 0.416. The molecule has 0 aromatic carbocycles. The molecule has 0 spiro atoms. The van der Waals surface area contributed by atoms with Crippen molar-refractivity contribution in [2.75, 3.05) is 6.61 Å². The van der Waals surface area contributed by atoms with Crippen molar-refractivity contribution in [2.45, 2.75) is 25.9 Å². The average Bonchev–Trinajstić information content (AvgIpc) is 2.34. The van der Waals surface area contributed by atoms with E-state index in [-0.39, 0.29) is 0 Å². The van der Waals surface area contributed by atoms with E-state index in [0.29, 0.717) is 6.10 Å². The highest BCUT2D eigenvalue weighted by Gasteiger charge is 2.14. The molecule has 0 amide bonds. The first-order chi connectivity index (χ1) is 4.43. The monoisotopic (exact) mass is 128 g/mol. The lowest BCUT2D eigenvalue weighted by Crippen LogP contribution is -2.01. The lowest BCUT2D eigenvalue weighted by molar-refractivity contribution is -0.273. The summed E-state index contributed by atoms with van der Waals surface area (Å²) >= 11 is 0. The van der Waals surface area contributed by atoms with Crippen LogP contribution >= 0.6 is 0 Å². The Kier molecular flexibility index (Phi) is 2.74. The van der Waals surface area contributed by atoms with Crippen molar-refractivity contribution in [1.29, 1.82) is 0 Å². The summed E-state index contributed by atoms with van der Waals surface area (Å²) in [7, 11) is 0. The molecule has 9 heavy (non-hydrogen) atoms. The minimum absolute atomic E-state index is 0.307. The van der Waals surface area contributed by atoms with E-state index in [1.54, 1.807) is 0 Å². The van der Waals surface area contributed by atoms with Crippen LogP contribution < -0.4 is 0 Å². The van der Waals surface area contributed by atoms with Crippen LogP contribution in [-0.4, -0.2) is 12.7 Å². The summed E-state index contributed by atoms with van der Waals surface area (Å²) in [5.41, 5.74) is 0. The van der Waals surface area contributed by atoms with Gasteiger partial charge in [-0.1, -0.05) is 12.2 Å². The maximum Gasteiger partial charge on any atom is 0.0987 e. The molecule has 0 aromatic rings. The van der Waals surface area contributed by atoms with Gasteiger partial charge in [0, 0.05) is 6.42 Å². The van der Waals surface area contributed by atoms with Gasteiger partial charge in [0.1, 0.15) is 0 Å². The lowest BCUT2D eigenvalue weighted by atomic mass is 10.2. The molecule has 0 aliphatic carbocycles. The van der Waals surface area contributed by atoms with Gasteiger partial charge in [-0.05, 0) is 13.3 Å². The van der Waals surface area contributed by atoms with E-state index in [9.17, 15) is 0 Å². The Morgan fingerprint density at radius 3 is 3.11 bits per heavy atom. The highest BCUT2D eigenvalue weighted by Crippen LogP contribution is 2.12. The zero-order chi connectivity index (χ0) is 6.53. The number of hydrogen-bond acceptors (Lipinski definition) is 2. The van der Waals surface area contributed by atoms with Crippen LogP contribution in [0.3, 0.4) is 0 Å². The van der Waals surface area contributed by atoms with Crippen molar-refractivity contribution in [3.63, 3.8) is 0 Å². The first-order valence-electron chi connectivity index (χ1n) is 3.33. The van der Waals surface area contributed by atoms with Crippen molar-refractivity contribution in [3.8, 4) is 0 Å².